The zero-order valence-corrected chi connectivity index (χ0v) is 14.3. The minimum atomic E-state index is -0.718. The van der Waals surface area contributed by atoms with Crippen LogP contribution in [0.2, 0.25) is 5.02 Å². The first-order valence-corrected chi connectivity index (χ1v) is 7.75. The first kappa shape index (κ1) is 19.1. The van der Waals surface area contributed by atoms with E-state index in [0.717, 1.165) is 0 Å². The number of nitrogens with zero attached hydrogens (tertiary/aromatic N) is 1. The molecule has 0 aliphatic rings. The molecule has 9 heteroatoms. The minimum Gasteiger partial charge on any atom is -0.484 e. The number of amides is 1. The highest BCUT2D eigenvalue weighted by atomic mass is 35.5. The lowest BCUT2D eigenvalue weighted by molar-refractivity contribution is -0.146. The van der Waals surface area contributed by atoms with E-state index >= 15 is 0 Å². The van der Waals surface area contributed by atoms with Crippen LogP contribution < -0.4 is 20.9 Å². The van der Waals surface area contributed by atoms with E-state index in [1.807, 2.05) is 0 Å². The number of oxime groups is 1. The monoisotopic (exact) mass is 377 g/mol. The number of halogens is 1. The van der Waals surface area contributed by atoms with Crippen molar-refractivity contribution in [2.24, 2.45) is 16.6 Å². The molecule has 136 valence electrons. The number of rotatable bonds is 8. The van der Waals surface area contributed by atoms with Crippen LogP contribution in [0.1, 0.15) is 5.56 Å². The third-order valence-electron chi connectivity index (χ3n) is 2.95. The minimum absolute atomic E-state index is 0.00806. The van der Waals surface area contributed by atoms with Gasteiger partial charge in [-0.15, -0.1) is 0 Å². The average Bonchev–Trinajstić information content (AvgIpc) is 2.64. The molecule has 2 aromatic rings. The fourth-order valence-electron chi connectivity index (χ4n) is 1.73. The molecule has 4 N–H and O–H groups in total. The predicted molar refractivity (Wildman–Crippen MR) is 94.9 cm³/mol. The molecule has 1 amide bonds. The molecule has 0 bridgehead atoms. The van der Waals surface area contributed by atoms with Crippen molar-refractivity contribution >= 4 is 29.3 Å². The van der Waals surface area contributed by atoms with E-state index < -0.39 is 11.9 Å². The molecule has 0 radical (unpaired) electrons. The van der Waals surface area contributed by atoms with Gasteiger partial charge < -0.3 is 25.8 Å². The molecule has 0 atom stereocenters. The van der Waals surface area contributed by atoms with E-state index in [0.29, 0.717) is 22.1 Å². The normalized spacial score (nSPS) is 10.9. The standard InChI is InChI=1S/C17H16ClN3O5/c18-12-3-7-14(8-4-12)25-10-16(23)26-21-17(20)11-1-5-13(6-2-11)24-9-15(19)22/h1-8H,9-10H2,(H2,19,22)(H2,20,21). The molecule has 0 spiro atoms. The molecular weight excluding hydrogens is 362 g/mol. The number of carbonyl (C=O) groups is 2. The van der Waals surface area contributed by atoms with E-state index in [4.69, 9.17) is 37.4 Å². The molecule has 0 heterocycles. The molecule has 0 aliphatic carbocycles. The fourth-order valence-corrected chi connectivity index (χ4v) is 1.85. The summed E-state index contributed by atoms with van der Waals surface area (Å²) in [6.07, 6.45) is 0. The van der Waals surface area contributed by atoms with E-state index in [1.165, 1.54) is 0 Å². The summed E-state index contributed by atoms with van der Waals surface area (Å²) in [6, 6.07) is 12.8. The van der Waals surface area contributed by atoms with Crippen molar-refractivity contribution < 1.29 is 23.9 Å². The Morgan fingerprint density at radius 3 is 2.00 bits per heavy atom. The number of nitrogens with two attached hydrogens (primary N) is 2. The van der Waals surface area contributed by atoms with E-state index in [9.17, 15) is 9.59 Å². The van der Waals surface area contributed by atoms with E-state index in [-0.39, 0.29) is 19.0 Å². The lowest BCUT2D eigenvalue weighted by Crippen LogP contribution is -2.20. The second kappa shape index (κ2) is 9.28. The van der Waals surface area contributed by atoms with Gasteiger partial charge in [0.25, 0.3) is 5.91 Å². The molecule has 0 unspecified atom stereocenters. The van der Waals surface area contributed by atoms with Gasteiger partial charge in [0.05, 0.1) is 0 Å². The third-order valence-corrected chi connectivity index (χ3v) is 3.20. The Kier molecular flexibility index (Phi) is 6.81. The maximum atomic E-state index is 11.6. The van der Waals surface area contributed by atoms with Crippen molar-refractivity contribution in [2.45, 2.75) is 0 Å². The predicted octanol–water partition coefficient (Wildman–Crippen LogP) is 1.45. The van der Waals surface area contributed by atoms with Crippen LogP contribution >= 0.6 is 11.6 Å². The SMILES string of the molecule is NC(=O)COc1ccc(/C(N)=N/OC(=O)COc2ccc(Cl)cc2)cc1. The highest BCUT2D eigenvalue weighted by Gasteiger charge is 2.07. The molecule has 0 fully saturated rings. The number of amidine groups is 1. The molecule has 0 aliphatic heterocycles. The van der Waals surface area contributed by atoms with Gasteiger partial charge in [-0.1, -0.05) is 16.8 Å². The topological polar surface area (TPSA) is 126 Å². The van der Waals surface area contributed by atoms with Gasteiger partial charge in [-0.25, -0.2) is 4.79 Å². The molecule has 2 aromatic carbocycles. The summed E-state index contributed by atoms with van der Waals surface area (Å²) in [5, 5.41) is 4.11. The van der Waals surface area contributed by atoms with Gasteiger partial charge in [-0.05, 0) is 48.5 Å². The maximum absolute atomic E-state index is 11.6. The van der Waals surface area contributed by atoms with Crippen LogP contribution in [0.5, 0.6) is 11.5 Å². The summed E-state index contributed by atoms with van der Waals surface area (Å²) in [4.78, 5) is 27.0. The summed E-state index contributed by atoms with van der Waals surface area (Å²) in [5.74, 6) is -0.401. The third kappa shape index (κ3) is 6.33. The van der Waals surface area contributed by atoms with Gasteiger partial charge in [-0.3, -0.25) is 4.79 Å². The number of ether oxygens (including phenoxy) is 2. The van der Waals surface area contributed by atoms with Crippen LogP contribution in [0.3, 0.4) is 0 Å². The van der Waals surface area contributed by atoms with Crippen LogP contribution in [-0.4, -0.2) is 30.9 Å². The fraction of sp³-hybridized carbons (Fsp3) is 0.118. The Labute approximate surface area is 154 Å². The van der Waals surface area contributed by atoms with Gasteiger partial charge >= 0.3 is 5.97 Å². The number of carbonyl (C=O) groups excluding carboxylic acids is 2. The highest BCUT2D eigenvalue weighted by Crippen LogP contribution is 2.15. The van der Waals surface area contributed by atoms with Gasteiger partial charge in [0.15, 0.2) is 19.0 Å². The second-order valence-corrected chi connectivity index (χ2v) is 5.40. The quantitative estimate of drug-likeness (QED) is 0.310. The van der Waals surface area contributed by atoms with Crippen LogP contribution in [0.25, 0.3) is 0 Å². The largest absolute Gasteiger partial charge is 0.484 e. The Hall–Kier alpha value is -3.26. The molecule has 0 saturated heterocycles. The summed E-state index contributed by atoms with van der Waals surface area (Å²) in [6.45, 7) is -0.563. The zero-order valence-electron chi connectivity index (χ0n) is 13.6. The lowest BCUT2D eigenvalue weighted by atomic mass is 10.2. The lowest BCUT2D eigenvalue weighted by Gasteiger charge is -2.06. The van der Waals surface area contributed by atoms with Crippen molar-refractivity contribution in [3.63, 3.8) is 0 Å². The van der Waals surface area contributed by atoms with Crippen molar-refractivity contribution in [1.82, 2.24) is 0 Å². The summed E-state index contributed by atoms with van der Waals surface area (Å²) < 4.78 is 10.3. The van der Waals surface area contributed by atoms with Crippen LogP contribution in [0, 0.1) is 0 Å². The highest BCUT2D eigenvalue weighted by molar-refractivity contribution is 6.30. The zero-order chi connectivity index (χ0) is 18.9. The number of hydrogen-bond donors (Lipinski definition) is 2. The van der Waals surface area contributed by atoms with Crippen LogP contribution in [-0.2, 0) is 14.4 Å². The van der Waals surface area contributed by atoms with Gasteiger partial charge in [0.1, 0.15) is 11.5 Å². The van der Waals surface area contributed by atoms with E-state index in [2.05, 4.69) is 5.16 Å². The molecule has 8 nitrogen and oxygen atoms in total. The average molecular weight is 378 g/mol. The molecular formula is C17H16ClN3O5. The van der Waals surface area contributed by atoms with Crippen molar-refractivity contribution in [1.29, 1.82) is 0 Å². The van der Waals surface area contributed by atoms with Crippen molar-refractivity contribution in [3.05, 3.63) is 59.1 Å². The Balaban J connectivity index is 1.83. The summed E-state index contributed by atoms with van der Waals surface area (Å²) >= 11 is 5.75. The molecule has 0 saturated carbocycles. The number of primary amides is 1. The summed E-state index contributed by atoms with van der Waals surface area (Å²) in [7, 11) is 0. The van der Waals surface area contributed by atoms with E-state index in [1.54, 1.807) is 48.5 Å². The Bertz CT molecular complexity index is 791. The maximum Gasteiger partial charge on any atom is 0.372 e. The molecule has 2 rings (SSSR count). The first-order chi connectivity index (χ1) is 12.4. The Morgan fingerprint density at radius 1 is 0.885 bits per heavy atom. The number of benzene rings is 2. The smallest absolute Gasteiger partial charge is 0.372 e. The van der Waals surface area contributed by atoms with Crippen LogP contribution in [0.15, 0.2) is 53.7 Å². The number of hydrogen-bond acceptors (Lipinski definition) is 6. The van der Waals surface area contributed by atoms with Gasteiger partial charge in [-0.2, -0.15) is 0 Å². The van der Waals surface area contributed by atoms with Crippen molar-refractivity contribution in [3.8, 4) is 11.5 Å². The molecule has 0 aromatic heterocycles. The van der Waals surface area contributed by atoms with Gasteiger partial charge in [0, 0.05) is 10.6 Å². The summed E-state index contributed by atoms with van der Waals surface area (Å²) in [5.41, 5.74) is 11.2. The van der Waals surface area contributed by atoms with Crippen LogP contribution in [0.4, 0.5) is 0 Å². The van der Waals surface area contributed by atoms with Gasteiger partial charge in [0.2, 0.25) is 0 Å². The molecule has 26 heavy (non-hydrogen) atoms. The van der Waals surface area contributed by atoms with Crippen molar-refractivity contribution in [2.75, 3.05) is 13.2 Å². The first-order valence-electron chi connectivity index (χ1n) is 7.37. The Morgan fingerprint density at radius 2 is 1.42 bits per heavy atom. The second-order valence-electron chi connectivity index (χ2n) is 4.96.